The van der Waals surface area contributed by atoms with Gasteiger partial charge in [0, 0.05) is 94.1 Å². The molecule has 286 valence electrons. The van der Waals surface area contributed by atoms with E-state index in [1.54, 1.807) is 4.90 Å². The Labute approximate surface area is 301 Å². The highest BCUT2D eigenvalue weighted by molar-refractivity contribution is 8.93. The van der Waals surface area contributed by atoms with E-state index in [0.717, 1.165) is 31.9 Å². The van der Waals surface area contributed by atoms with E-state index in [1.165, 1.54) is 13.3 Å². The molecule has 2 aromatic rings. The number of aromatic nitrogens is 2. The number of morpholine rings is 2. The minimum atomic E-state index is -4.55. The van der Waals surface area contributed by atoms with Crippen molar-refractivity contribution >= 4 is 23.1 Å². The number of carbonyl (C=O) groups is 1. The number of methoxy groups -OCH3 is 1. The molecule has 4 aliphatic rings. The molecule has 0 spiro atoms. The molecule has 0 bridgehead atoms. The van der Waals surface area contributed by atoms with Gasteiger partial charge < -0.3 is 34.1 Å². The molecule has 6 heterocycles. The smallest absolute Gasteiger partial charge is 0.433 e. The van der Waals surface area contributed by atoms with Gasteiger partial charge in [0.25, 0.3) is 0 Å². The number of rotatable bonds is 3. The van der Waals surface area contributed by atoms with Crippen LogP contribution in [-0.4, -0.2) is 121 Å². The number of nitrogens with one attached hydrogen (secondary N) is 2. The third kappa shape index (κ3) is 10.3. The molecule has 19 heteroatoms. The fourth-order valence-electron chi connectivity index (χ4n) is 6.27. The predicted octanol–water partition coefficient (Wildman–Crippen LogP) is 4.42. The van der Waals surface area contributed by atoms with Crippen molar-refractivity contribution < 1.29 is 50.1 Å². The van der Waals surface area contributed by atoms with Gasteiger partial charge in [-0.1, -0.05) is 0 Å². The number of alkyl halides is 6. The Morgan fingerprint density at radius 3 is 2.16 bits per heavy atom. The number of pyridine rings is 2. The van der Waals surface area contributed by atoms with Crippen molar-refractivity contribution in [2.24, 2.45) is 0 Å². The van der Waals surface area contributed by atoms with Gasteiger partial charge in [-0.2, -0.15) is 26.3 Å². The maximum atomic E-state index is 12.9. The van der Waals surface area contributed by atoms with Crippen molar-refractivity contribution in [2.45, 2.75) is 63.0 Å². The van der Waals surface area contributed by atoms with Crippen LogP contribution < -0.4 is 15.5 Å². The van der Waals surface area contributed by atoms with E-state index in [4.69, 9.17) is 18.9 Å². The molecule has 0 aromatic carbocycles. The van der Waals surface area contributed by atoms with Crippen LogP contribution in [0.3, 0.4) is 0 Å². The molecular formula is C32H43BrF6N6O6. The summed E-state index contributed by atoms with van der Waals surface area (Å²) < 4.78 is 98.5. The Morgan fingerprint density at radius 1 is 0.902 bits per heavy atom. The predicted molar refractivity (Wildman–Crippen MR) is 177 cm³/mol. The maximum absolute atomic E-state index is 12.9. The number of ether oxygens (including phenoxy) is 4. The lowest BCUT2D eigenvalue weighted by molar-refractivity contribution is -0.142. The summed E-state index contributed by atoms with van der Waals surface area (Å²) >= 11 is 0. The Morgan fingerprint density at radius 2 is 1.55 bits per heavy atom. The Balaban J connectivity index is 0.000000235. The number of aromatic amines is 1. The highest BCUT2D eigenvalue weighted by Gasteiger charge is 2.39. The van der Waals surface area contributed by atoms with Crippen molar-refractivity contribution in [2.75, 3.05) is 72.7 Å². The minimum absolute atomic E-state index is 0. The summed E-state index contributed by atoms with van der Waals surface area (Å²) in [5, 5.41) is 3.26. The molecule has 4 aliphatic heterocycles. The summed E-state index contributed by atoms with van der Waals surface area (Å²) in [6, 6.07) is 1.76. The molecule has 4 atom stereocenters. The first-order valence-electron chi connectivity index (χ1n) is 16.2. The van der Waals surface area contributed by atoms with Gasteiger partial charge in [0.1, 0.15) is 34.9 Å². The lowest BCUT2D eigenvalue weighted by Gasteiger charge is -2.46. The molecule has 4 saturated heterocycles. The minimum Gasteiger partial charge on any atom is -0.496 e. The Kier molecular flexibility index (Phi) is 13.1. The number of hydrogen-bond donors (Lipinski definition) is 2. The van der Waals surface area contributed by atoms with Crippen molar-refractivity contribution in [3.63, 3.8) is 0 Å². The molecule has 51 heavy (non-hydrogen) atoms. The summed E-state index contributed by atoms with van der Waals surface area (Å²) in [6.07, 6.45) is -8.08. The first-order valence-corrected chi connectivity index (χ1v) is 16.2. The van der Waals surface area contributed by atoms with Gasteiger partial charge in [0.15, 0.2) is 5.43 Å². The standard InChI is InChI=1S/C19H26F3N3O4.C13H16F3N3O2.BrH/c1-18(2,3)29-17(26)25-6-5-24-10-15(28-11-12(24)9-25)13-8-23-16(19(20,21)22)7-14(13)27-4;14-13(15,16)12-3-10(20)9(5-18-12)11-6-19-2-1-17-4-8(19)7-21-11;/h7-8,12,15H,5-6,9-11H2,1-4H3;3,5,8,11,17H,1-2,4,6-7H2,(H,18,20);1H/t12-,15-;8-,11-;/m00./s1. The molecule has 0 saturated carbocycles. The van der Waals surface area contributed by atoms with Crippen LogP contribution in [0.5, 0.6) is 5.75 Å². The van der Waals surface area contributed by atoms with Crippen LogP contribution in [-0.2, 0) is 26.6 Å². The van der Waals surface area contributed by atoms with Crippen LogP contribution in [0.2, 0.25) is 0 Å². The van der Waals surface area contributed by atoms with Gasteiger partial charge in [0.2, 0.25) is 0 Å². The first-order chi connectivity index (χ1) is 23.4. The molecular weight excluding hydrogens is 758 g/mol. The molecule has 0 unspecified atom stereocenters. The fourth-order valence-corrected chi connectivity index (χ4v) is 6.27. The average Bonchev–Trinajstić information content (AvgIpc) is 3.06. The maximum Gasteiger partial charge on any atom is 0.433 e. The number of halogens is 7. The van der Waals surface area contributed by atoms with E-state index >= 15 is 0 Å². The van der Waals surface area contributed by atoms with Crippen molar-refractivity contribution in [3.8, 4) is 5.75 Å². The molecule has 1 amide bonds. The van der Waals surface area contributed by atoms with E-state index in [1.807, 2.05) is 20.8 Å². The zero-order chi connectivity index (χ0) is 36.4. The molecule has 6 rings (SSSR count). The number of carbonyl (C=O) groups excluding carboxylic acids is 1. The van der Waals surface area contributed by atoms with E-state index in [0.29, 0.717) is 57.6 Å². The molecule has 4 fully saturated rings. The van der Waals surface area contributed by atoms with Gasteiger partial charge in [-0.3, -0.25) is 19.6 Å². The van der Waals surface area contributed by atoms with Crippen molar-refractivity contribution in [1.29, 1.82) is 0 Å². The number of H-pyrrole nitrogens is 1. The summed E-state index contributed by atoms with van der Waals surface area (Å²) in [4.78, 5) is 35.9. The lowest BCUT2D eigenvalue weighted by atomic mass is 10.0. The van der Waals surface area contributed by atoms with Gasteiger partial charge in [-0.25, -0.2) is 4.79 Å². The summed E-state index contributed by atoms with van der Waals surface area (Å²) in [7, 11) is 1.32. The van der Waals surface area contributed by atoms with Gasteiger partial charge >= 0.3 is 18.4 Å². The largest absolute Gasteiger partial charge is 0.496 e. The summed E-state index contributed by atoms with van der Waals surface area (Å²) in [6.45, 7) is 11.4. The van der Waals surface area contributed by atoms with Gasteiger partial charge in [-0.05, 0) is 20.8 Å². The number of fused-ring (bicyclic) bond motifs is 2. The van der Waals surface area contributed by atoms with E-state index in [2.05, 4.69) is 25.1 Å². The Hall–Kier alpha value is -2.97. The summed E-state index contributed by atoms with van der Waals surface area (Å²) in [5.41, 5.74) is -2.51. The monoisotopic (exact) mass is 800 g/mol. The van der Waals surface area contributed by atoms with Crippen molar-refractivity contribution in [3.05, 3.63) is 57.3 Å². The first kappa shape index (κ1) is 40.8. The average molecular weight is 802 g/mol. The second-order valence-corrected chi connectivity index (χ2v) is 13.5. The fraction of sp³-hybridized carbons (Fsp3) is 0.656. The molecule has 0 radical (unpaired) electrons. The van der Waals surface area contributed by atoms with Crippen LogP contribution in [0.4, 0.5) is 31.1 Å². The van der Waals surface area contributed by atoms with Gasteiger partial charge in [-0.15, -0.1) is 17.0 Å². The van der Waals surface area contributed by atoms with Crippen LogP contribution >= 0.6 is 17.0 Å². The quantitative estimate of drug-likeness (QED) is 0.432. The number of hydrogen-bond acceptors (Lipinski definition) is 10. The van der Waals surface area contributed by atoms with Crippen LogP contribution in [0, 0.1) is 0 Å². The highest BCUT2D eigenvalue weighted by Crippen LogP contribution is 2.36. The van der Waals surface area contributed by atoms with Gasteiger partial charge in [0.05, 0.1) is 26.4 Å². The third-order valence-electron chi connectivity index (χ3n) is 8.86. The second kappa shape index (κ2) is 16.4. The second-order valence-electron chi connectivity index (χ2n) is 13.5. The molecule has 0 aliphatic carbocycles. The molecule has 2 N–H and O–H groups in total. The van der Waals surface area contributed by atoms with Crippen LogP contribution in [0.1, 0.15) is 55.5 Å². The number of piperazine rings is 2. The molecule has 2 aromatic heterocycles. The van der Waals surface area contributed by atoms with Crippen molar-refractivity contribution in [1.82, 2.24) is 30.0 Å². The zero-order valence-corrected chi connectivity index (χ0v) is 30.3. The van der Waals surface area contributed by atoms with Crippen LogP contribution in [0.25, 0.3) is 0 Å². The van der Waals surface area contributed by atoms with Crippen LogP contribution in [0.15, 0.2) is 29.3 Å². The Bertz CT molecular complexity index is 1560. The third-order valence-corrected chi connectivity index (χ3v) is 8.86. The van der Waals surface area contributed by atoms with E-state index < -0.39 is 47.0 Å². The molecule has 12 nitrogen and oxygen atoms in total. The highest BCUT2D eigenvalue weighted by atomic mass is 79.9. The van der Waals surface area contributed by atoms with E-state index in [-0.39, 0.29) is 46.5 Å². The topological polar surface area (TPSA) is 121 Å². The SMILES string of the molecule is Br.COc1cc(C(F)(F)F)ncc1[C@@H]1CN2CCN(C(=O)OC(C)(C)C)C[C@H]2CO1.O=c1cc(C(F)(F)F)[nH]cc1[C@@H]1CN2CCNC[C@H]2CO1. The summed E-state index contributed by atoms with van der Waals surface area (Å²) in [5.74, 6) is 0.100. The zero-order valence-electron chi connectivity index (χ0n) is 28.6. The number of nitrogens with zero attached hydrogens (tertiary/aromatic N) is 4. The number of amides is 1. The normalized spacial score (nSPS) is 24.6. The van der Waals surface area contributed by atoms with E-state index in [9.17, 15) is 35.9 Å². The lowest BCUT2D eigenvalue weighted by Crippen LogP contribution is -2.60.